The number of halogens is 1. The van der Waals surface area contributed by atoms with E-state index in [4.69, 9.17) is 9.47 Å². The highest BCUT2D eigenvalue weighted by Crippen LogP contribution is 2.26. The minimum Gasteiger partial charge on any atom is -0.496 e. The van der Waals surface area contributed by atoms with E-state index in [-0.39, 0.29) is 0 Å². The summed E-state index contributed by atoms with van der Waals surface area (Å²) in [7, 11) is 3.76. The average molecular weight is 328 g/mol. The predicted molar refractivity (Wildman–Crippen MR) is 80.8 cm³/mol. The Hall–Kier alpha value is -0.580. The molecule has 0 amide bonds. The zero-order chi connectivity index (χ0) is 13.7. The van der Waals surface area contributed by atoms with Crippen LogP contribution in [0, 0.1) is 5.92 Å². The molecule has 1 fully saturated rings. The Kier molecular flexibility index (Phi) is 5.67. The minimum atomic E-state index is 0.467. The fourth-order valence-electron chi connectivity index (χ4n) is 2.65. The summed E-state index contributed by atoms with van der Waals surface area (Å²) in [4.78, 5) is 0. The van der Waals surface area contributed by atoms with Gasteiger partial charge in [-0.3, -0.25) is 0 Å². The molecule has 1 saturated heterocycles. The summed E-state index contributed by atoms with van der Waals surface area (Å²) in [6.07, 6.45) is 3.33. The third-order valence-corrected chi connectivity index (χ3v) is 4.25. The van der Waals surface area contributed by atoms with Gasteiger partial charge < -0.3 is 14.8 Å². The van der Waals surface area contributed by atoms with E-state index in [0.717, 1.165) is 36.3 Å². The zero-order valence-corrected chi connectivity index (χ0v) is 13.2. The molecule has 106 valence electrons. The molecular formula is C15H22BrNO2. The first kappa shape index (κ1) is 14.8. The van der Waals surface area contributed by atoms with Crippen LogP contribution in [0.4, 0.5) is 0 Å². The maximum atomic E-state index is 5.46. The van der Waals surface area contributed by atoms with Crippen molar-refractivity contribution >= 4 is 15.9 Å². The first-order valence-electron chi connectivity index (χ1n) is 6.80. The van der Waals surface area contributed by atoms with Crippen LogP contribution in [0.25, 0.3) is 0 Å². The standard InChI is InChI=1S/C15H22BrNO2/c1-17-14(7-11-5-6-19-10-11)9-12-8-13(16)3-4-15(12)18-2/h3-4,8,11,14,17H,5-7,9-10H2,1-2H3. The highest BCUT2D eigenvalue weighted by atomic mass is 79.9. The lowest BCUT2D eigenvalue weighted by Crippen LogP contribution is -2.30. The predicted octanol–water partition coefficient (Wildman–Crippen LogP) is 3.01. The topological polar surface area (TPSA) is 30.5 Å². The highest BCUT2D eigenvalue weighted by molar-refractivity contribution is 9.10. The molecule has 1 heterocycles. The second-order valence-corrected chi connectivity index (χ2v) is 6.03. The Balaban J connectivity index is 2.02. The first-order chi connectivity index (χ1) is 9.22. The fourth-order valence-corrected chi connectivity index (χ4v) is 3.06. The van der Waals surface area contributed by atoms with Crippen molar-refractivity contribution in [2.24, 2.45) is 5.92 Å². The van der Waals surface area contributed by atoms with Crippen molar-refractivity contribution in [1.82, 2.24) is 5.32 Å². The number of benzene rings is 1. The summed E-state index contributed by atoms with van der Waals surface area (Å²) in [5.41, 5.74) is 1.25. The van der Waals surface area contributed by atoms with E-state index < -0.39 is 0 Å². The lowest BCUT2D eigenvalue weighted by molar-refractivity contribution is 0.181. The molecule has 2 unspecified atom stereocenters. The van der Waals surface area contributed by atoms with Crippen LogP contribution in [-0.4, -0.2) is 33.4 Å². The van der Waals surface area contributed by atoms with E-state index in [1.54, 1.807) is 7.11 Å². The molecule has 3 nitrogen and oxygen atoms in total. The number of rotatable bonds is 6. The van der Waals surface area contributed by atoms with Gasteiger partial charge in [0.25, 0.3) is 0 Å². The van der Waals surface area contributed by atoms with Gasteiger partial charge in [0.15, 0.2) is 0 Å². The molecule has 1 aliphatic heterocycles. The molecule has 0 spiro atoms. The van der Waals surface area contributed by atoms with Gasteiger partial charge >= 0.3 is 0 Å². The third-order valence-electron chi connectivity index (χ3n) is 3.76. The fraction of sp³-hybridized carbons (Fsp3) is 0.600. The van der Waals surface area contributed by atoms with Crippen molar-refractivity contribution in [3.63, 3.8) is 0 Å². The quantitative estimate of drug-likeness (QED) is 0.871. The summed E-state index contributed by atoms with van der Waals surface area (Å²) in [6, 6.07) is 6.65. The summed E-state index contributed by atoms with van der Waals surface area (Å²) in [6.45, 7) is 1.83. The van der Waals surface area contributed by atoms with Crippen molar-refractivity contribution in [1.29, 1.82) is 0 Å². The van der Waals surface area contributed by atoms with Crippen LogP contribution in [-0.2, 0) is 11.2 Å². The Bertz CT molecular complexity index is 405. The van der Waals surface area contributed by atoms with Gasteiger partial charge in [-0.2, -0.15) is 0 Å². The van der Waals surface area contributed by atoms with Crippen LogP contribution in [0.1, 0.15) is 18.4 Å². The molecule has 4 heteroatoms. The molecule has 1 aliphatic rings. The van der Waals surface area contributed by atoms with E-state index in [9.17, 15) is 0 Å². The summed E-state index contributed by atoms with van der Waals surface area (Å²) in [5, 5.41) is 3.42. The number of nitrogens with one attached hydrogen (secondary N) is 1. The molecule has 1 aromatic rings. The molecule has 2 rings (SSSR count). The normalized spacial score (nSPS) is 20.5. The second-order valence-electron chi connectivity index (χ2n) is 5.11. The molecule has 0 aromatic heterocycles. The maximum Gasteiger partial charge on any atom is 0.122 e. The minimum absolute atomic E-state index is 0.467. The van der Waals surface area contributed by atoms with Crippen molar-refractivity contribution in [3.05, 3.63) is 28.2 Å². The van der Waals surface area contributed by atoms with Crippen molar-refractivity contribution < 1.29 is 9.47 Å². The van der Waals surface area contributed by atoms with Gasteiger partial charge in [0.2, 0.25) is 0 Å². The SMILES string of the molecule is CNC(Cc1cc(Br)ccc1OC)CC1CCOC1. The first-order valence-corrected chi connectivity index (χ1v) is 7.59. The molecule has 0 radical (unpaired) electrons. The molecule has 1 aromatic carbocycles. The number of methoxy groups -OCH3 is 1. The second kappa shape index (κ2) is 7.27. The molecule has 0 bridgehead atoms. The van der Waals surface area contributed by atoms with Crippen LogP contribution in [0.3, 0.4) is 0 Å². The molecule has 0 saturated carbocycles. The van der Waals surface area contributed by atoms with E-state index >= 15 is 0 Å². The molecule has 19 heavy (non-hydrogen) atoms. The lowest BCUT2D eigenvalue weighted by atomic mass is 9.94. The number of hydrogen-bond acceptors (Lipinski definition) is 3. The van der Waals surface area contributed by atoms with Crippen LogP contribution >= 0.6 is 15.9 Å². The highest BCUT2D eigenvalue weighted by Gasteiger charge is 2.21. The molecule has 2 atom stereocenters. The summed E-state index contributed by atoms with van der Waals surface area (Å²) < 4.78 is 12.0. The zero-order valence-electron chi connectivity index (χ0n) is 11.6. The Morgan fingerprint density at radius 2 is 2.37 bits per heavy atom. The average Bonchev–Trinajstić information content (AvgIpc) is 2.91. The van der Waals surface area contributed by atoms with Crippen molar-refractivity contribution in [3.8, 4) is 5.75 Å². The molecule has 0 aliphatic carbocycles. The number of likely N-dealkylation sites (N-methyl/N-ethyl adjacent to an activating group) is 1. The van der Waals surface area contributed by atoms with Gasteiger partial charge in [0.1, 0.15) is 5.75 Å². The van der Waals surface area contributed by atoms with Crippen molar-refractivity contribution in [2.45, 2.75) is 25.3 Å². The summed E-state index contributed by atoms with van der Waals surface area (Å²) in [5.74, 6) is 1.65. The van der Waals surface area contributed by atoms with Gasteiger partial charge in [0, 0.05) is 23.7 Å². The van der Waals surface area contributed by atoms with Gasteiger partial charge in [-0.25, -0.2) is 0 Å². The van der Waals surface area contributed by atoms with Gasteiger partial charge in [0.05, 0.1) is 7.11 Å². The summed E-state index contributed by atoms with van der Waals surface area (Å²) >= 11 is 3.53. The Morgan fingerprint density at radius 3 is 3.00 bits per heavy atom. The third kappa shape index (κ3) is 4.20. The number of hydrogen-bond donors (Lipinski definition) is 1. The van der Waals surface area contributed by atoms with E-state index in [0.29, 0.717) is 12.0 Å². The Labute approximate surface area is 123 Å². The van der Waals surface area contributed by atoms with Gasteiger partial charge in [-0.15, -0.1) is 0 Å². The van der Waals surface area contributed by atoms with Crippen LogP contribution in [0.2, 0.25) is 0 Å². The number of ether oxygens (including phenoxy) is 2. The van der Waals surface area contributed by atoms with Crippen LogP contribution in [0.5, 0.6) is 5.75 Å². The van der Waals surface area contributed by atoms with Crippen molar-refractivity contribution in [2.75, 3.05) is 27.4 Å². The molecule has 1 N–H and O–H groups in total. The molecular weight excluding hydrogens is 306 g/mol. The monoisotopic (exact) mass is 327 g/mol. The van der Waals surface area contributed by atoms with E-state index in [1.165, 1.54) is 12.0 Å². The van der Waals surface area contributed by atoms with Gasteiger partial charge in [-0.05, 0) is 56.0 Å². The maximum absolute atomic E-state index is 5.46. The lowest BCUT2D eigenvalue weighted by Gasteiger charge is -2.20. The smallest absolute Gasteiger partial charge is 0.122 e. The van der Waals surface area contributed by atoms with Gasteiger partial charge in [-0.1, -0.05) is 15.9 Å². The van der Waals surface area contributed by atoms with E-state index in [1.807, 2.05) is 19.2 Å². The Morgan fingerprint density at radius 1 is 1.53 bits per heavy atom. The largest absolute Gasteiger partial charge is 0.496 e. The van der Waals surface area contributed by atoms with Crippen LogP contribution in [0.15, 0.2) is 22.7 Å². The van der Waals surface area contributed by atoms with Crippen LogP contribution < -0.4 is 10.1 Å². The van der Waals surface area contributed by atoms with E-state index in [2.05, 4.69) is 27.3 Å².